The summed E-state index contributed by atoms with van der Waals surface area (Å²) in [5.74, 6) is -0.926. The molecule has 188 valence electrons. The molecule has 2 aromatic rings. The summed E-state index contributed by atoms with van der Waals surface area (Å²) in [5, 5.41) is -0.600. The Morgan fingerprint density at radius 1 is 1.29 bits per heavy atom. The lowest BCUT2D eigenvalue weighted by atomic mass is 9.96. The molecule has 10 heteroatoms. The SMILES string of the molecule is C=CC(Cc1ccccc1)S(=O)(=O)NC(=O)C1CCN(c2nc(C)c(C(=O)OCC)cc2Cl)CC1. The van der Waals surface area contributed by atoms with Crippen LogP contribution in [0.25, 0.3) is 0 Å². The van der Waals surface area contributed by atoms with Gasteiger partial charge in [0.15, 0.2) is 0 Å². The van der Waals surface area contributed by atoms with Crippen LogP contribution in [-0.2, 0) is 26.0 Å². The van der Waals surface area contributed by atoms with Crippen LogP contribution in [0.4, 0.5) is 5.82 Å². The van der Waals surface area contributed by atoms with Gasteiger partial charge in [-0.2, -0.15) is 0 Å². The first kappa shape index (κ1) is 26.7. The van der Waals surface area contributed by atoms with Gasteiger partial charge in [0.2, 0.25) is 15.9 Å². The molecule has 0 saturated carbocycles. The molecule has 1 saturated heterocycles. The first-order chi connectivity index (χ1) is 16.7. The zero-order valence-corrected chi connectivity index (χ0v) is 21.4. The predicted octanol–water partition coefficient (Wildman–Crippen LogP) is 3.68. The summed E-state index contributed by atoms with van der Waals surface area (Å²) < 4.78 is 33.0. The van der Waals surface area contributed by atoms with Crippen molar-refractivity contribution in [2.75, 3.05) is 24.6 Å². The van der Waals surface area contributed by atoms with Crippen LogP contribution in [0.5, 0.6) is 0 Å². The lowest BCUT2D eigenvalue weighted by Gasteiger charge is -2.33. The molecule has 1 atom stereocenters. The van der Waals surface area contributed by atoms with E-state index in [0.29, 0.717) is 48.0 Å². The highest BCUT2D eigenvalue weighted by atomic mass is 35.5. The normalized spacial score (nSPS) is 15.3. The lowest BCUT2D eigenvalue weighted by molar-refractivity contribution is -0.123. The maximum absolute atomic E-state index is 12.8. The van der Waals surface area contributed by atoms with Gasteiger partial charge in [-0.25, -0.2) is 18.2 Å². The fourth-order valence-corrected chi connectivity index (χ4v) is 5.56. The topological polar surface area (TPSA) is 106 Å². The van der Waals surface area contributed by atoms with Crippen molar-refractivity contribution in [3.8, 4) is 0 Å². The number of pyridine rings is 1. The first-order valence-corrected chi connectivity index (χ1v) is 13.4. The van der Waals surface area contributed by atoms with Crippen molar-refractivity contribution >= 4 is 39.3 Å². The molecule has 35 heavy (non-hydrogen) atoms. The summed E-state index contributed by atoms with van der Waals surface area (Å²) >= 11 is 6.40. The highest BCUT2D eigenvalue weighted by Crippen LogP contribution is 2.30. The molecule has 1 aliphatic rings. The average Bonchev–Trinajstić information content (AvgIpc) is 2.84. The Bertz CT molecular complexity index is 1180. The maximum Gasteiger partial charge on any atom is 0.340 e. The molecular weight excluding hydrogens is 490 g/mol. The lowest BCUT2D eigenvalue weighted by Crippen LogP contribution is -2.45. The molecule has 8 nitrogen and oxygen atoms in total. The van der Waals surface area contributed by atoms with E-state index in [1.807, 2.05) is 35.2 Å². The minimum Gasteiger partial charge on any atom is -0.462 e. The Kier molecular flexibility index (Phi) is 8.91. The first-order valence-electron chi connectivity index (χ1n) is 11.5. The van der Waals surface area contributed by atoms with Gasteiger partial charge in [-0.05, 0) is 44.7 Å². The molecular formula is C25H30ClN3O5S. The van der Waals surface area contributed by atoms with Crippen molar-refractivity contribution in [1.29, 1.82) is 0 Å². The van der Waals surface area contributed by atoms with Crippen molar-refractivity contribution < 1.29 is 22.7 Å². The zero-order valence-electron chi connectivity index (χ0n) is 19.9. The number of sulfonamides is 1. The molecule has 3 rings (SSSR count). The van der Waals surface area contributed by atoms with Gasteiger partial charge in [-0.3, -0.25) is 9.52 Å². The molecule has 0 aliphatic carbocycles. The number of ether oxygens (including phenoxy) is 1. The van der Waals surface area contributed by atoms with Crippen molar-refractivity contribution in [1.82, 2.24) is 9.71 Å². The molecule has 0 spiro atoms. The number of esters is 1. The van der Waals surface area contributed by atoms with Crippen LogP contribution in [0.3, 0.4) is 0 Å². The van der Waals surface area contributed by atoms with E-state index < -0.39 is 33.1 Å². The second-order valence-corrected chi connectivity index (χ2v) is 10.7. The number of aromatic nitrogens is 1. The average molecular weight is 520 g/mol. The number of piperidine rings is 1. The summed E-state index contributed by atoms with van der Waals surface area (Å²) in [6.45, 7) is 8.27. The zero-order chi connectivity index (χ0) is 25.6. The monoisotopic (exact) mass is 519 g/mol. The largest absolute Gasteiger partial charge is 0.462 e. The second kappa shape index (κ2) is 11.7. The third-order valence-electron chi connectivity index (χ3n) is 5.99. The van der Waals surface area contributed by atoms with Crippen molar-refractivity contribution in [2.45, 2.75) is 38.4 Å². The molecule has 0 radical (unpaired) electrons. The Morgan fingerprint density at radius 2 is 1.94 bits per heavy atom. The number of benzene rings is 1. The van der Waals surface area contributed by atoms with E-state index in [-0.39, 0.29) is 13.0 Å². The number of rotatable bonds is 9. The molecule has 1 N–H and O–H groups in total. The highest BCUT2D eigenvalue weighted by Gasteiger charge is 2.32. The van der Waals surface area contributed by atoms with Gasteiger partial charge in [-0.1, -0.05) is 48.0 Å². The number of hydrogen-bond donors (Lipinski definition) is 1. The van der Waals surface area contributed by atoms with E-state index in [1.165, 1.54) is 6.08 Å². The summed E-state index contributed by atoms with van der Waals surface area (Å²) in [4.78, 5) is 31.3. The van der Waals surface area contributed by atoms with E-state index in [1.54, 1.807) is 19.9 Å². The van der Waals surface area contributed by atoms with Gasteiger partial charge in [-0.15, -0.1) is 6.58 Å². The number of halogens is 1. The summed E-state index contributed by atoms with van der Waals surface area (Å²) in [7, 11) is -3.92. The minimum atomic E-state index is -3.92. The second-order valence-electron chi connectivity index (χ2n) is 8.38. The van der Waals surface area contributed by atoms with Crippen molar-refractivity contribution in [3.63, 3.8) is 0 Å². The van der Waals surface area contributed by atoms with Gasteiger partial charge in [0, 0.05) is 19.0 Å². The van der Waals surface area contributed by atoms with Gasteiger partial charge < -0.3 is 9.64 Å². The van der Waals surface area contributed by atoms with Crippen LogP contribution in [0, 0.1) is 12.8 Å². The maximum atomic E-state index is 12.8. The van der Waals surface area contributed by atoms with Crippen LogP contribution in [0.1, 0.15) is 41.4 Å². The molecule has 1 amide bonds. The smallest absolute Gasteiger partial charge is 0.340 e. The van der Waals surface area contributed by atoms with Crippen LogP contribution in [0.15, 0.2) is 49.1 Å². The number of carbonyl (C=O) groups excluding carboxylic acids is 2. The van der Waals surface area contributed by atoms with Crippen LogP contribution in [0.2, 0.25) is 5.02 Å². The molecule has 1 aromatic carbocycles. The van der Waals surface area contributed by atoms with Gasteiger partial charge >= 0.3 is 5.97 Å². The number of nitrogens with one attached hydrogen (secondary N) is 1. The minimum absolute atomic E-state index is 0.233. The van der Waals surface area contributed by atoms with E-state index in [0.717, 1.165) is 5.56 Å². The third kappa shape index (κ3) is 6.61. The third-order valence-corrected chi connectivity index (χ3v) is 7.91. The predicted molar refractivity (Wildman–Crippen MR) is 136 cm³/mol. The van der Waals surface area contributed by atoms with Crippen molar-refractivity contribution in [3.05, 3.63) is 70.9 Å². The van der Waals surface area contributed by atoms with Crippen molar-refractivity contribution in [2.24, 2.45) is 5.92 Å². The van der Waals surface area contributed by atoms with E-state index in [4.69, 9.17) is 16.3 Å². The summed E-state index contributed by atoms with van der Waals surface area (Å²) in [5.41, 5.74) is 1.66. The Morgan fingerprint density at radius 3 is 2.54 bits per heavy atom. The van der Waals surface area contributed by atoms with Crippen LogP contribution < -0.4 is 9.62 Å². The molecule has 1 unspecified atom stereocenters. The summed E-state index contributed by atoms with van der Waals surface area (Å²) in [6.07, 6.45) is 2.46. The highest BCUT2D eigenvalue weighted by molar-refractivity contribution is 7.90. The Labute approximate surface area is 211 Å². The standard InChI is InChI=1S/C25H30ClN3O5S/c1-4-20(15-18-9-7-6-8-10-18)35(32,33)28-24(30)19-11-13-29(14-12-19)23-22(26)16-21(17(3)27-23)25(31)34-5-2/h4,6-10,16,19-20H,1,5,11-15H2,2-3H3,(H,28,30). The van der Waals surface area contributed by atoms with Crippen LogP contribution >= 0.6 is 11.6 Å². The van der Waals surface area contributed by atoms with E-state index in [2.05, 4.69) is 16.3 Å². The fourth-order valence-electron chi connectivity index (χ4n) is 4.02. The van der Waals surface area contributed by atoms with E-state index in [9.17, 15) is 18.0 Å². The summed E-state index contributed by atoms with van der Waals surface area (Å²) in [6, 6.07) is 10.7. The number of anilines is 1. The van der Waals surface area contributed by atoms with Gasteiger partial charge in [0.1, 0.15) is 11.1 Å². The molecule has 1 aromatic heterocycles. The molecule has 0 bridgehead atoms. The fraction of sp³-hybridized carbons (Fsp3) is 0.400. The van der Waals surface area contributed by atoms with E-state index >= 15 is 0 Å². The Balaban J connectivity index is 1.62. The Hall–Kier alpha value is -2.91. The number of nitrogens with zero attached hydrogens (tertiary/aromatic N) is 2. The number of amides is 1. The van der Waals surface area contributed by atoms with Gasteiger partial charge in [0.05, 0.1) is 22.9 Å². The molecule has 1 aliphatic heterocycles. The number of carbonyl (C=O) groups is 2. The molecule has 2 heterocycles. The quantitative estimate of drug-likeness (QED) is 0.398. The molecule has 1 fully saturated rings. The van der Waals surface area contributed by atoms with Crippen LogP contribution in [-0.4, -0.2) is 50.2 Å². The number of aryl methyl sites for hydroxylation is 1. The number of hydrogen-bond acceptors (Lipinski definition) is 7. The van der Waals surface area contributed by atoms with Gasteiger partial charge in [0.25, 0.3) is 0 Å².